The molecule has 0 aliphatic heterocycles. The third-order valence-corrected chi connectivity index (χ3v) is 5.64. The standard InChI is InChI=1S/C21H26O3/c1-5-6-19-18-9-7-14-13-15(23-3)8-10-16(14)17(18)11-12-21(19,2)20(22)24-4/h7-10,13,19H,5-6,11-12H2,1-4H3. The first-order chi connectivity index (χ1) is 11.5. The van der Waals surface area contributed by atoms with Crippen LogP contribution in [0, 0.1) is 5.41 Å². The minimum atomic E-state index is -0.433. The van der Waals surface area contributed by atoms with Crippen molar-refractivity contribution in [2.45, 2.75) is 45.4 Å². The molecule has 0 spiro atoms. The maximum absolute atomic E-state index is 12.5. The van der Waals surface area contributed by atoms with Crippen molar-refractivity contribution in [3.05, 3.63) is 41.5 Å². The molecular weight excluding hydrogens is 300 g/mol. The maximum Gasteiger partial charge on any atom is 0.312 e. The summed E-state index contributed by atoms with van der Waals surface area (Å²) in [5, 5.41) is 2.48. The van der Waals surface area contributed by atoms with Crippen LogP contribution in [0.5, 0.6) is 5.75 Å². The van der Waals surface area contributed by atoms with E-state index in [0.29, 0.717) is 0 Å². The molecule has 1 aliphatic carbocycles. The molecule has 3 nitrogen and oxygen atoms in total. The fourth-order valence-corrected chi connectivity index (χ4v) is 4.26. The van der Waals surface area contributed by atoms with Crippen LogP contribution in [-0.4, -0.2) is 20.2 Å². The zero-order chi connectivity index (χ0) is 17.3. The fraction of sp³-hybridized carbons (Fsp3) is 0.476. The van der Waals surface area contributed by atoms with E-state index in [2.05, 4.69) is 38.1 Å². The third kappa shape index (κ3) is 2.56. The minimum Gasteiger partial charge on any atom is -0.497 e. The summed E-state index contributed by atoms with van der Waals surface area (Å²) in [5.41, 5.74) is 2.27. The van der Waals surface area contributed by atoms with Gasteiger partial charge in [-0.3, -0.25) is 4.79 Å². The SMILES string of the molecule is CCCC1c2ccc3cc(OC)ccc3c2CCC1(C)C(=O)OC. The molecule has 0 amide bonds. The molecule has 0 heterocycles. The van der Waals surface area contributed by atoms with Crippen molar-refractivity contribution in [3.63, 3.8) is 0 Å². The summed E-state index contributed by atoms with van der Waals surface area (Å²) < 4.78 is 10.5. The van der Waals surface area contributed by atoms with Crippen LogP contribution >= 0.6 is 0 Å². The Hall–Kier alpha value is -2.03. The molecule has 24 heavy (non-hydrogen) atoms. The Labute approximate surface area is 144 Å². The van der Waals surface area contributed by atoms with Crippen molar-refractivity contribution >= 4 is 16.7 Å². The van der Waals surface area contributed by atoms with Gasteiger partial charge in [-0.05, 0) is 60.2 Å². The Bertz CT molecular complexity index is 765. The quantitative estimate of drug-likeness (QED) is 0.753. The smallest absolute Gasteiger partial charge is 0.312 e. The number of aryl methyl sites for hydroxylation is 1. The monoisotopic (exact) mass is 326 g/mol. The Balaban J connectivity index is 2.15. The van der Waals surface area contributed by atoms with Crippen molar-refractivity contribution in [2.24, 2.45) is 5.41 Å². The number of benzene rings is 2. The first-order valence-corrected chi connectivity index (χ1v) is 8.73. The lowest BCUT2D eigenvalue weighted by Crippen LogP contribution is -2.39. The molecule has 2 unspecified atom stereocenters. The summed E-state index contributed by atoms with van der Waals surface area (Å²) in [6, 6.07) is 10.6. The second kappa shape index (κ2) is 6.46. The third-order valence-electron chi connectivity index (χ3n) is 5.64. The largest absolute Gasteiger partial charge is 0.497 e. The number of ether oxygens (including phenoxy) is 2. The first-order valence-electron chi connectivity index (χ1n) is 8.73. The van der Waals surface area contributed by atoms with Crippen LogP contribution in [0.25, 0.3) is 10.8 Å². The van der Waals surface area contributed by atoms with Gasteiger partial charge in [-0.15, -0.1) is 0 Å². The molecule has 1 aliphatic rings. The van der Waals surface area contributed by atoms with Crippen LogP contribution in [0.4, 0.5) is 0 Å². The number of hydrogen-bond donors (Lipinski definition) is 0. The van der Waals surface area contributed by atoms with Crippen molar-refractivity contribution < 1.29 is 14.3 Å². The minimum absolute atomic E-state index is 0.0820. The van der Waals surface area contributed by atoms with E-state index >= 15 is 0 Å². The highest BCUT2D eigenvalue weighted by atomic mass is 16.5. The summed E-state index contributed by atoms with van der Waals surface area (Å²) in [7, 11) is 3.19. The first kappa shape index (κ1) is 16.8. The Morgan fingerprint density at radius 3 is 2.71 bits per heavy atom. The molecular formula is C21H26O3. The van der Waals surface area contributed by atoms with Crippen LogP contribution < -0.4 is 4.74 Å². The predicted octanol–water partition coefficient (Wildman–Crippen LogP) is 4.86. The van der Waals surface area contributed by atoms with Gasteiger partial charge >= 0.3 is 5.97 Å². The summed E-state index contributed by atoms with van der Waals surface area (Å²) >= 11 is 0. The van der Waals surface area contributed by atoms with E-state index in [-0.39, 0.29) is 11.9 Å². The molecule has 3 heteroatoms. The predicted molar refractivity (Wildman–Crippen MR) is 96.6 cm³/mol. The number of methoxy groups -OCH3 is 2. The second-order valence-electron chi connectivity index (χ2n) is 6.97. The van der Waals surface area contributed by atoms with Crippen molar-refractivity contribution in [1.82, 2.24) is 0 Å². The molecule has 2 aromatic carbocycles. The van der Waals surface area contributed by atoms with Gasteiger partial charge in [0.25, 0.3) is 0 Å². The molecule has 128 valence electrons. The lowest BCUT2D eigenvalue weighted by atomic mass is 9.63. The molecule has 0 N–H and O–H groups in total. The van der Waals surface area contributed by atoms with Crippen LogP contribution in [0.2, 0.25) is 0 Å². The second-order valence-corrected chi connectivity index (χ2v) is 6.97. The molecule has 0 saturated heterocycles. The number of carbonyl (C=O) groups excluding carboxylic acids is 1. The zero-order valence-corrected chi connectivity index (χ0v) is 15.0. The van der Waals surface area contributed by atoms with Gasteiger partial charge in [0.2, 0.25) is 0 Å². The molecule has 0 aromatic heterocycles. The topological polar surface area (TPSA) is 35.5 Å². The molecule has 0 fully saturated rings. The highest BCUT2D eigenvalue weighted by Gasteiger charge is 2.45. The van der Waals surface area contributed by atoms with Crippen molar-refractivity contribution in [1.29, 1.82) is 0 Å². The van der Waals surface area contributed by atoms with Gasteiger partial charge in [0, 0.05) is 5.92 Å². The van der Waals surface area contributed by atoms with Crippen LogP contribution in [0.1, 0.15) is 50.2 Å². The number of rotatable bonds is 4. The van der Waals surface area contributed by atoms with E-state index in [1.54, 1.807) is 7.11 Å². The van der Waals surface area contributed by atoms with E-state index in [1.807, 2.05) is 6.07 Å². The number of carbonyl (C=O) groups is 1. The summed E-state index contributed by atoms with van der Waals surface area (Å²) in [4.78, 5) is 12.5. The normalized spacial score (nSPS) is 22.9. The van der Waals surface area contributed by atoms with Gasteiger partial charge in [-0.1, -0.05) is 31.5 Å². The van der Waals surface area contributed by atoms with Crippen molar-refractivity contribution in [2.75, 3.05) is 14.2 Å². The maximum atomic E-state index is 12.5. The van der Waals surface area contributed by atoms with Gasteiger partial charge in [0.05, 0.1) is 19.6 Å². The van der Waals surface area contributed by atoms with E-state index in [9.17, 15) is 4.79 Å². The molecule has 0 radical (unpaired) electrons. The summed E-state index contributed by atoms with van der Waals surface area (Å²) in [5.74, 6) is 1.01. The number of hydrogen-bond acceptors (Lipinski definition) is 3. The van der Waals surface area contributed by atoms with Crippen LogP contribution in [0.15, 0.2) is 30.3 Å². The Morgan fingerprint density at radius 2 is 2.04 bits per heavy atom. The number of fused-ring (bicyclic) bond motifs is 3. The average molecular weight is 326 g/mol. The van der Waals surface area contributed by atoms with Crippen LogP contribution in [-0.2, 0) is 16.0 Å². The molecule has 3 rings (SSSR count). The van der Waals surface area contributed by atoms with E-state index < -0.39 is 5.41 Å². The van der Waals surface area contributed by atoms with Gasteiger partial charge in [0.15, 0.2) is 0 Å². The van der Waals surface area contributed by atoms with Gasteiger partial charge in [-0.2, -0.15) is 0 Å². The lowest BCUT2D eigenvalue weighted by Gasteiger charge is -2.41. The Morgan fingerprint density at radius 1 is 1.25 bits per heavy atom. The summed E-state index contributed by atoms with van der Waals surface area (Å²) in [6.45, 7) is 4.25. The van der Waals surface area contributed by atoms with E-state index in [4.69, 9.17) is 9.47 Å². The van der Waals surface area contributed by atoms with Gasteiger partial charge in [0.1, 0.15) is 5.75 Å². The fourth-order valence-electron chi connectivity index (χ4n) is 4.26. The highest BCUT2D eigenvalue weighted by molar-refractivity contribution is 5.89. The Kier molecular flexibility index (Phi) is 4.53. The van der Waals surface area contributed by atoms with Crippen molar-refractivity contribution in [3.8, 4) is 5.75 Å². The van der Waals surface area contributed by atoms with E-state index in [0.717, 1.165) is 31.4 Å². The van der Waals surface area contributed by atoms with Crippen LogP contribution in [0.3, 0.4) is 0 Å². The van der Waals surface area contributed by atoms with E-state index in [1.165, 1.54) is 29.0 Å². The average Bonchev–Trinajstić information content (AvgIpc) is 2.62. The lowest BCUT2D eigenvalue weighted by molar-refractivity contribution is -0.154. The molecule has 0 saturated carbocycles. The van der Waals surface area contributed by atoms with Gasteiger partial charge < -0.3 is 9.47 Å². The zero-order valence-electron chi connectivity index (χ0n) is 15.0. The number of esters is 1. The van der Waals surface area contributed by atoms with Gasteiger partial charge in [-0.25, -0.2) is 0 Å². The molecule has 0 bridgehead atoms. The summed E-state index contributed by atoms with van der Waals surface area (Å²) in [6.07, 6.45) is 3.80. The highest BCUT2D eigenvalue weighted by Crippen LogP contribution is 2.50. The molecule has 2 aromatic rings. The molecule has 2 atom stereocenters.